The van der Waals surface area contributed by atoms with Gasteiger partial charge in [-0.05, 0) is 48.1 Å². The molecule has 7 heteroatoms. The van der Waals surface area contributed by atoms with Crippen molar-refractivity contribution < 1.29 is 4.92 Å². The molecule has 1 saturated heterocycles. The van der Waals surface area contributed by atoms with Gasteiger partial charge in [-0.2, -0.15) is 0 Å². The molecular weight excluding hydrogens is 258 g/mol. The third-order valence-corrected chi connectivity index (χ3v) is 4.14. The highest BCUT2D eigenvalue weighted by Gasteiger charge is 2.32. The van der Waals surface area contributed by atoms with E-state index in [1.807, 2.05) is 7.05 Å². The van der Waals surface area contributed by atoms with Gasteiger partial charge in [0, 0.05) is 26.2 Å². The molecule has 3 rings (SSSR count). The first kappa shape index (κ1) is 13.4. The lowest BCUT2D eigenvalue weighted by Gasteiger charge is -2.27. The van der Waals surface area contributed by atoms with Crippen LogP contribution in [0, 0.1) is 16.0 Å². The first-order chi connectivity index (χ1) is 9.65. The molecule has 7 nitrogen and oxygen atoms in total. The Kier molecular flexibility index (Phi) is 3.60. The van der Waals surface area contributed by atoms with Crippen LogP contribution in [0.15, 0.2) is 6.33 Å². The van der Waals surface area contributed by atoms with Crippen LogP contribution < -0.4 is 10.2 Å². The van der Waals surface area contributed by atoms with E-state index in [2.05, 4.69) is 15.2 Å². The smallest absolute Gasteiger partial charge is 0.358 e. The van der Waals surface area contributed by atoms with Gasteiger partial charge in [-0.15, -0.1) is 0 Å². The Labute approximate surface area is 118 Å². The van der Waals surface area contributed by atoms with Crippen LogP contribution in [0.2, 0.25) is 0 Å². The number of hydrogen-bond donors (Lipinski definition) is 1. The van der Waals surface area contributed by atoms with E-state index < -0.39 is 0 Å². The zero-order chi connectivity index (χ0) is 14.1. The molecule has 1 aliphatic heterocycles. The highest BCUT2D eigenvalue weighted by atomic mass is 16.6. The monoisotopic (exact) mass is 279 g/mol. The minimum absolute atomic E-state index is 0.0221. The van der Waals surface area contributed by atoms with Crippen LogP contribution in [0.3, 0.4) is 0 Å². The Morgan fingerprint density at radius 1 is 1.50 bits per heavy atom. The lowest BCUT2D eigenvalue weighted by Crippen LogP contribution is -2.39. The van der Waals surface area contributed by atoms with Gasteiger partial charge in [-0.1, -0.05) is 0 Å². The molecule has 1 N–H and O–H groups in total. The predicted molar refractivity (Wildman–Crippen MR) is 75.8 cm³/mol. The van der Waals surface area contributed by atoms with Gasteiger partial charge in [-0.3, -0.25) is 4.57 Å². The Bertz CT molecular complexity index is 491. The summed E-state index contributed by atoms with van der Waals surface area (Å²) in [7, 11) is 1.83. The van der Waals surface area contributed by atoms with Crippen LogP contribution in [-0.4, -0.2) is 40.2 Å². The van der Waals surface area contributed by atoms with Gasteiger partial charge in [0.2, 0.25) is 12.1 Å². The molecule has 0 bridgehead atoms. The number of anilines is 1. The van der Waals surface area contributed by atoms with Crippen molar-refractivity contribution in [1.82, 2.24) is 14.9 Å². The minimum atomic E-state index is -0.378. The summed E-state index contributed by atoms with van der Waals surface area (Å²) in [5.74, 6) is 1.31. The number of imidazole rings is 1. The third kappa shape index (κ3) is 2.77. The van der Waals surface area contributed by atoms with E-state index in [0.717, 1.165) is 26.1 Å². The molecule has 2 fully saturated rings. The largest absolute Gasteiger partial charge is 0.406 e. The van der Waals surface area contributed by atoms with Crippen LogP contribution in [-0.2, 0) is 7.05 Å². The van der Waals surface area contributed by atoms with E-state index >= 15 is 0 Å². The molecule has 1 aromatic heterocycles. The quantitative estimate of drug-likeness (QED) is 0.627. The first-order valence-electron chi connectivity index (χ1n) is 7.29. The summed E-state index contributed by atoms with van der Waals surface area (Å²) in [4.78, 5) is 16.9. The highest BCUT2D eigenvalue weighted by Crippen LogP contribution is 2.34. The zero-order valence-electron chi connectivity index (χ0n) is 11.8. The van der Waals surface area contributed by atoms with E-state index in [0.29, 0.717) is 17.8 Å². The lowest BCUT2D eigenvalue weighted by molar-refractivity contribution is -0.388. The van der Waals surface area contributed by atoms with E-state index in [4.69, 9.17) is 0 Å². The van der Waals surface area contributed by atoms with Gasteiger partial charge in [0.05, 0.1) is 0 Å². The van der Waals surface area contributed by atoms with Gasteiger partial charge in [0.15, 0.2) is 0 Å². The molecule has 1 aromatic rings. The maximum Gasteiger partial charge on any atom is 0.406 e. The second-order valence-corrected chi connectivity index (χ2v) is 5.90. The Morgan fingerprint density at radius 2 is 2.30 bits per heavy atom. The number of aromatic nitrogens is 2. The van der Waals surface area contributed by atoms with E-state index in [1.54, 1.807) is 4.57 Å². The number of rotatable bonds is 6. The van der Waals surface area contributed by atoms with Crippen molar-refractivity contribution in [2.75, 3.05) is 24.5 Å². The maximum atomic E-state index is 11.2. The summed E-state index contributed by atoms with van der Waals surface area (Å²) in [6.45, 7) is 2.78. The molecule has 1 unspecified atom stereocenters. The number of nitrogens with one attached hydrogen (secondary N) is 1. The van der Waals surface area contributed by atoms with E-state index in [1.165, 1.54) is 25.6 Å². The second kappa shape index (κ2) is 5.40. The van der Waals surface area contributed by atoms with Gasteiger partial charge >= 0.3 is 5.82 Å². The van der Waals surface area contributed by atoms with Gasteiger partial charge in [-0.25, -0.2) is 0 Å². The second-order valence-electron chi connectivity index (χ2n) is 5.90. The van der Waals surface area contributed by atoms with E-state index in [-0.39, 0.29) is 10.7 Å². The summed E-state index contributed by atoms with van der Waals surface area (Å²) >= 11 is 0. The van der Waals surface area contributed by atoms with Crippen LogP contribution in [0.1, 0.15) is 25.7 Å². The Hall–Kier alpha value is -1.63. The molecular formula is C13H21N5O2. The Balaban J connectivity index is 1.83. The molecule has 0 aromatic carbocycles. The van der Waals surface area contributed by atoms with Crippen molar-refractivity contribution in [3.63, 3.8) is 0 Å². The molecule has 0 spiro atoms. The molecule has 2 aliphatic rings. The van der Waals surface area contributed by atoms with Crippen molar-refractivity contribution in [2.24, 2.45) is 13.0 Å². The third-order valence-electron chi connectivity index (χ3n) is 4.14. The molecule has 1 atom stereocenters. The fourth-order valence-electron chi connectivity index (χ4n) is 2.94. The van der Waals surface area contributed by atoms with Crippen LogP contribution in [0.4, 0.5) is 11.6 Å². The summed E-state index contributed by atoms with van der Waals surface area (Å²) < 4.78 is 1.77. The van der Waals surface area contributed by atoms with Gasteiger partial charge in [0.1, 0.15) is 0 Å². The molecule has 1 saturated carbocycles. The van der Waals surface area contributed by atoms with Gasteiger partial charge < -0.3 is 20.3 Å². The summed E-state index contributed by atoms with van der Waals surface area (Å²) in [6, 6.07) is 0.434. The number of hydrogen-bond acceptors (Lipinski definition) is 5. The predicted octanol–water partition coefficient (Wildman–Crippen LogP) is 1.30. The standard InChI is InChI=1S/C13H21N5O2/c1-16-9-15-12(18(19)20)13(16)17(7-10-4-5-10)8-11-3-2-6-14-11/h9-11,14H,2-8H2,1H3. The maximum absolute atomic E-state index is 11.2. The van der Waals surface area contributed by atoms with Crippen LogP contribution >= 0.6 is 0 Å². The topological polar surface area (TPSA) is 76.2 Å². The fraction of sp³-hybridized carbons (Fsp3) is 0.769. The fourth-order valence-corrected chi connectivity index (χ4v) is 2.94. The average Bonchev–Trinajstić information content (AvgIpc) is 2.91. The van der Waals surface area contributed by atoms with Gasteiger partial charge in [0.25, 0.3) is 0 Å². The first-order valence-corrected chi connectivity index (χ1v) is 7.29. The van der Waals surface area contributed by atoms with Crippen molar-refractivity contribution in [3.8, 4) is 0 Å². The SMILES string of the molecule is Cn1cnc([N+](=O)[O-])c1N(CC1CC1)CC1CCCN1. The molecule has 2 heterocycles. The van der Waals surface area contributed by atoms with E-state index in [9.17, 15) is 10.1 Å². The zero-order valence-corrected chi connectivity index (χ0v) is 11.8. The molecule has 0 radical (unpaired) electrons. The average molecular weight is 279 g/mol. The summed E-state index contributed by atoms with van der Waals surface area (Å²) in [5, 5.41) is 14.6. The molecule has 20 heavy (non-hydrogen) atoms. The summed E-state index contributed by atoms with van der Waals surface area (Å²) in [6.07, 6.45) is 6.35. The number of nitrogens with zero attached hydrogens (tertiary/aromatic N) is 4. The minimum Gasteiger partial charge on any atom is -0.358 e. The highest BCUT2D eigenvalue weighted by molar-refractivity contribution is 5.55. The van der Waals surface area contributed by atoms with Crippen LogP contribution in [0.25, 0.3) is 0 Å². The van der Waals surface area contributed by atoms with Crippen LogP contribution in [0.5, 0.6) is 0 Å². The van der Waals surface area contributed by atoms with Crippen molar-refractivity contribution in [2.45, 2.75) is 31.7 Å². The van der Waals surface area contributed by atoms with Crippen molar-refractivity contribution in [1.29, 1.82) is 0 Å². The normalized spacial score (nSPS) is 22.1. The lowest BCUT2D eigenvalue weighted by atomic mass is 10.2. The molecule has 0 amide bonds. The van der Waals surface area contributed by atoms with Crippen molar-refractivity contribution in [3.05, 3.63) is 16.4 Å². The summed E-state index contributed by atoms with van der Waals surface area (Å²) in [5.41, 5.74) is 0. The van der Waals surface area contributed by atoms with Crippen molar-refractivity contribution >= 4 is 11.6 Å². The number of nitro groups is 1. The molecule has 110 valence electrons. The molecule has 1 aliphatic carbocycles. The number of aryl methyl sites for hydroxylation is 1. The Morgan fingerprint density at radius 3 is 2.90 bits per heavy atom.